The second-order valence-corrected chi connectivity index (χ2v) is 6.88. The zero-order chi connectivity index (χ0) is 18.5. The summed E-state index contributed by atoms with van der Waals surface area (Å²) >= 11 is 7.46. The lowest BCUT2D eigenvalue weighted by atomic mass is 10.0. The monoisotopic (exact) mass is 385 g/mol. The highest BCUT2D eigenvalue weighted by Gasteiger charge is 2.13. The van der Waals surface area contributed by atoms with E-state index in [2.05, 4.69) is 5.32 Å². The van der Waals surface area contributed by atoms with E-state index in [9.17, 15) is 9.59 Å². The Hall–Kier alpha value is -2.63. The summed E-state index contributed by atoms with van der Waals surface area (Å²) in [6.45, 7) is 0. The van der Waals surface area contributed by atoms with Crippen molar-refractivity contribution in [2.24, 2.45) is 0 Å². The predicted octanol–water partition coefficient (Wildman–Crippen LogP) is 5.34. The van der Waals surface area contributed by atoms with Crippen LogP contribution < -0.4 is 5.32 Å². The van der Waals surface area contributed by atoms with Crippen LogP contribution in [-0.4, -0.2) is 17.0 Å². The smallest absolute Gasteiger partial charge is 0.338 e. The largest absolute Gasteiger partial charge is 0.478 e. The molecule has 0 atom stereocenters. The fourth-order valence-electron chi connectivity index (χ4n) is 2.58. The number of nitrogens with one attached hydrogen (secondary N) is 1. The van der Waals surface area contributed by atoms with Crippen LogP contribution in [0.15, 0.2) is 59.3 Å². The second-order valence-electron chi connectivity index (χ2n) is 5.73. The minimum atomic E-state index is -1.04. The highest BCUT2D eigenvalue weighted by molar-refractivity contribution is 7.08. The van der Waals surface area contributed by atoms with Crippen molar-refractivity contribution in [3.05, 3.63) is 75.4 Å². The summed E-state index contributed by atoms with van der Waals surface area (Å²) in [7, 11) is 0. The van der Waals surface area contributed by atoms with Crippen LogP contribution >= 0.6 is 22.9 Å². The molecule has 6 heteroatoms. The van der Waals surface area contributed by atoms with Crippen LogP contribution in [0.2, 0.25) is 5.02 Å². The molecule has 3 aromatic rings. The normalized spacial score (nSPS) is 10.5. The van der Waals surface area contributed by atoms with Crippen LogP contribution in [-0.2, 0) is 11.2 Å². The number of aryl methyl sites for hydroxylation is 1. The van der Waals surface area contributed by atoms with E-state index in [-0.39, 0.29) is 17.9 Å². The number of carbonyl (C=O) groups excluding carboxylic acids is 1. The minimum Gasteiger partial charge on any atom is -0.478 e. The van der Waals surface area contributed by atoms with Gasteiger partial charge >= 0.3 is 5.97 Å². The highest BCUT2D eigenvalue weighted by Crippen LogP contribution is 2.27. The number of amides is 1. The molecule has 1 heterocycles. The SMILES string of the molecule is O=C(CCc1ccc(-c2ccccc2Cl)cc1)Nc1cscc1C(=O)O. The molecule has 2 N–H and O–H groups in total. The van der Waals surface area contributed by atoms with Crippen LogP contribution in [0, 0.1) is 0 Å². The molecule has 2 aromatic carbocycles. The van der Waals surface area contributed by atoms with Crippen LogP contribution in [0.5, 0.6) is 0 Å². The van der Waals surface area contributed by atoms with Crippen molar-refractivity contribution in [1.29, 1.82) is 0 Å². The van der Waals surface area contributed by atoms with Gasteiger partial charge in [0.1, 0.15) is 0 Å². The van der Waals surface area contributed by atoms with Crippen molar-refractivity contribution < 1.29 is 14.7 Å². The van der Waals surface area contributed by atoms with Gasteiger partial charge in [-0.05, 0) is 23.6 Å². The molecular weight excluding hydrogens is 370 g/mol. The van der Waals surface area contributed by atoms with Gasteiger partial charge in [-0.15, -0.1) is 11.3 Å². The van der Waals surface area contributed by atoms with Crippen LogP contribution in [0.3, 0.4) is 0 Å². The molecule has 0 radical (unpaired) electrons. The lowest BCUT2D eigenvalue weighted by molar-refractivity contribution is -0.116. The van der Waals surface area contributed by atoms with Crippen LogP contribution in [0.25, 0.3) is 11.1 Å². The van der Waals surface area contributed by atoms with Crippen molar-refractivity contribution in [2.45, 2.75) is 12.8 Å². The quantitative estimate of drug-likeness (QED) is 0.602. The molecule has 1 amide bonds. The standard InChI is InChI=1S/C20H16ClNO3S/c21-17-4-2-1-3-15(17)14-8-5-13(6-9-14)7-10-19(23)22-18-12-26-11-16(18)20(24)25/h1-6,8-9,11-12H,7,10H2,(H,22,23)(H,24,25). The maximum Gasteiger partial charge on any atom is 0.338 e. The maximum atomic E-state index is 12.1. The lowest BCUT2D eigenvalue weighted by Gasteiger charge is -2.07. The molecule has 3 rings (SSSR count). The van der Waals surface area contributed by atoms with Crippen LogP contribution in [0.4, 0.5) is 5.69 Å². The number of thiophene rings is 1. The predicted molar refractivity (Wildman–Crippen MR) is 105 cm³/mol. The lowest BCUT2D eigenvalue weighted by Crippen LogP contribution is -2.14. The van der Waals surface area contributed by atoms with E-state index < -0.39 is 5.97 Å². The Morgan fingerprint density at radius 1 is 1.04 bits per heavy atom. The Morgan fingerprint density at radius 2 is 1.77 bits per heavy atom. The first-order valence-electron chi connectivity index (χ1n) is 7.98. The van der Waals surface area contributed by atoms with Gasteiger partial charge in [-0.25, -0.2) is 4.79 Å². The molecule has 0 spiro atoms. The van der Waals surface area contributed by atoms with Crippen LogP contribution in [0.1, 0.15) is 22.3 Å². The zero-order valence-electron chi connectivity index (χ0n) is 13.7. The fraction of sp³-hybridized carbons (Fsp3) is 0.100. The number of anilines is 1. The number of aromatic carboxylic acids is 1. The van der Waals surface area contributed by atoms with E-state index in [0.717, 1.165) is 16.7 Å². The van der Waals surface area contributed by atoms with Gasteiger partial charge in [0.05, 0.1) is 11.3 Å². The summed E-state index contributed by atoms with van der Waals surface area (Å²) in [5, 5.41) is 15.5. The topological polar surface area (TPSA) is 66.4 Å². The van der Waals surface area contributed by atoms with Gasteiger partial charge in [-0.2, -0.15) is 0 Å². The van der Waals surface area contributed by atoms with E-state index in [1.54, 1.807) is 5.38 Å². The van der Waals surface area contributed by atoms with Gasteiger partial charge < -0.3 is 10.4 Å². The molecule has 26 heavy (non-hydrogen) atoms. The van der Waals surface area contributed by atoms with E-state index in [1.165, 1.54) is 16.7 Å². The number of hydrogen-bond acceptors (Lipinski definition) is 3. The maximum absolute atomic E-state index is 12.1. The molecule has 0 unspecified atom stereocenters. The van der Waals surface area contributed by atoms with E-state index >= 15 is 0 Å². The third-order valence-corrected chi connectivity index (χ3v) is 5.02. The van der Waals surface area contributed by atoms with Gasteiger partial charge in [0, 0.05) is 27.8 Å². The molecule has 0 aliphatic carbocycles. The number of rotatable bonds is 6. The van der Waals surface area contributed by atoms with E-state index in [0.29, 0.717) is 17.1 Å². The Balaban J connectivity index is 1.60. The van der Waals surface area contributed by atoms with Gasteiger partial charge in [0.25, 0.3) is 0 Å². The number of carbonyl (C=O) groups is 2. The number of benzene rings is 2. The molecular formula is C20H16ClNO3S. The van der Waals surface area contributed by atoms with Gasteiger partial charge in [-0.1, -0.05) is 54.1 Å². The molecule has 0 saturated heterocycles. The first kappa shape index (κ1) is 18.2. The summed E-state index contributed by atoms with van der Waals surface area (Å²) < 4.78 is 0. The minimum absolute atomic E-state index is 0.118. The molecule has 4 nitrogen and oxygen atoms in total. The van der Waals surface area contributed by atoms with Gasteiger partial charge in [0.15, 0.2) is 0 Å². The Bertz CT molecular complexity index is 934. The fourth-order valence-corrected chi connectivity index (χ4v) is 3.58. The third kappa shape index (κ3) is 4.31. The number of halogens is 1. The van der Waals surface area contributed by atoms with E-state index in [4.69, 9.17) is 16.7 Å². The first-order chi connectivity index (χ1) is 12.5. The molecule has 0 bridgehead atoms. The Labute approximate surface area is 160 Å². The van der Waals surface area contributed by atoms with Gasteiger partial charge in [0.2, 0.25) is 5.91 Å². The molecule has 0 aliphatic heterocycles. The average molecular weight is 386 g/mol. The van der Waals surface area contributed by atoms with E-state index in [1.807, 2.05) is 48.5 Å². The molecule has 0 fully saturated rings. The van der Waals surface area contributed by atoms with Crippen molar-refractivity contribution in [3.8, 4) is 11.1 Å². The Morgan fingerprint density at radius 3 is 2.46 bits per heavy atom. The average Bonchev–Trinajstić information content (AvgIpc) is 3.09. The summed E-state index contributed by atoms with van der Waals surface area (Å²) in [5.74, 6) is -1.25. The van der Waals surface area contributed by atoms with Gasteiger partial charge in [-0.3, -0.25) is 4.79 Å². The molecule has 1 aromatic heterocycles. The number of carboxylic acid groups (broad SMARTS) is 1. The summed E-state index contributed by atoms with van der Waals surface area (Å²) in [6.07, 6.45) is 0.849. The third-order valence-electron chi connectivity index (χ3n) is 3.95. The number of hydrogen-bond donors (Lipinski definition) is 2. The molecule has 0 aliphatic rings. The summed E-state index contributed by atoms with van der Waals surface area (Å²) in [6, 6.07) is 15.6. The summed E-state index contributed by atoms with van der Waals surface area (Å²) in [5.41, 5.74) is 3.49. The second kappa shape index (κ2) is 8.17. The summed E-state index contributed by atoms with van der Waals surface area (Å²) in [4.78, 5) is 23.1. The Kier molecular flexibility index (Phi) is 5.71. The zero-order valence-corrected chi connectivity index (χ0v) is 15.3. The molecule has 0 saturated carbocycles. The van der Waals surface area contributed by atoms with Crippen molar-refractivity contribution in [1.82, 2.24) is 0 Å². The van der Waals surface area contributed by atoms with Crippen molar-refractivity contribution in [2.75, 3.05) is 5.32 Å². The molecule has 132 valence electrons. The van der Waals surface area contributed by atoms with Crippen molar-refractivity contribution >= 4 is 40.5 Å². The number of carboxylic acids is 1. The highest BCUT2D eigenvalue weighted by atomic mass is 35.5. The first-order valence-corrected chi connectivity index (χ1v) is 9.30. The van der Waals surface area contributed by atoms with Crippen molar-refractivity contribution in [3.63, 3.8) is 0 Å².